The van der Waals surface area contributed by atoms with Crippen LogP contribution in [-0.2, 0) is 0 Å². The Labute approximate surface area is 103 Å². The number of nitrogens with one attached hydrogen (secondary N) is 1. The fourth-order valence-electron chi connectivity index (χ4n) is 0.913. The molecule has 0 aliphatic carbocycles. The zero-order valence-electron chi connectivity index (χ0n) is 12.3. The minimum Gasteiger partial charge on any atom is -0.336 e. The second-order valence-corrected chi connectivity index (χ2v) is 10.4. The average molecular weight is 248 g/mol. The molecule has 5 heteroatoms. The molecule has 0 atom stereocenters. The van der Waals surface area contributed by atoms with Crippen molar-refractivity contribution < 1.29 is 0 Å². The van der Waals surface area contributed by atoms with Crippen molar-refractivity contribution in [3.05, 3.63) is 0 Å². The quantitative estimate of drug-likeness (QED) is 0.671. The van der Waals surface area contributed by atoms with E-state index >= 15 is 0 Å². The zero-order valence-corrected chi connectivity index (χ0v) is 13.3. The summed E-state index contributed by atoms with van der Waals surface area (Å²) in [5.74, 6) is 0. The van der Waals surface area contributed by atoms with Crippen LogP contribution in [0.25, 0.3) is 0 Å². The molecular weight excluding hydrogens is 216 g/mol. The molecule has 3 N–H and O–H groups in total. The Bertz CT molecular complexity index is 143. The molecule has 0 aliphatic heterocycles. The molecule has 0 unspecified atom stereocenters. The van der Waals surface area contributed by atoms with Crippen LogP contribution in [-0.4, -0.2) is 72.4 Å². The van der Waals surface area contributed by atoms with Crippen molar-refractivity contribution in [2.24, 2.45) is 5.73 Å². The van der Waals surface area contributed by atoms with Gasteiger partial charge in [-0.25, -0.2) is 0 Å². The van der Waals surface area contributed by atoms with Crippen LogP contribution >= 0.6 is 0 Å². The smallest absolute Gasteiger partial charge is 0.116 e. The van der Waals surface area contributed by atoms with Crippen LogP contribution in [0.1, 0.15) is 0 Å². The molecule has 0 spiro atoms. The van der Waals surface area contributed by atoms with Crippen LogP contribution < -0.4 is 10.7 Å². The molecular formula is C11H32N4Si. The van der Waals surface area contributed by atoms with Crippen LogP contribution in [0.4, 0.5) is 0 Å². The summed E-state index contributed by atoms with van der Waals surface area (Å²) in [4.78, 5) is 7.81. The second-order valence-electron chi connectivity index (χ2n) is 5.57. The van der Waals surface area contributed by atoms with Gasteiger partial charge in [0.25, 0.3) is 0 Å². The average Bonchev–Trinajstić information content (AvgIpc) is 2.00. The monoisotopic (exact) mass is 248 g/mol. The van der Waals surface area contributed by atoms with Crippen LogP contribution in [0, 0.1) is 0 Å². The molecule has 0 heterocycles. The summed E-state index contributed by atoms with van der Waals surface area (Å²) < 4.78 is 0. The standard InChI is InChI=1S/C7H20N2Si.C4H12N2/c1-9(2)7-6-8-10(3,4)5;1-6(2)4-3-5/h8H,6-7H2,1-5H3;3-5H2,1-2H3. The Morgan fingerprint density at radius 1 is 0.938 bits per heavy atom. The van der Waals surface area contributed by atoms with E-state index in [-0.39, 0.29) is 0 Å². The number of nitrogens with zero attached hydrogens (tertiary/aromatic N) is 2. The van der Waals surface area contributed by atoms with Gasteiger partial charge in [-0.2, -0.15) is 0 Å². The topological polar surface area (TPSA) is 44.5 Å². The van der Waals surface area contributed by atoms with E-state index in [0.717, 1.165) is 26.2 Å². The number of hydrogen-bond acceptors (Lipinski definition) is 4. The molecule has 0 aromatic rings. The Morgan fingerprint density at radius 3 is 1.56 bits per heavy atom. The van der Waals surface area contributed by atoms with Crippen LogP contribution in [0.3, 0.4) is 0 Å². The van der Waals surface area contributed by atoms with Gasteiger partial charge in [-0.05, 0) is 28.2 Å². The molecule has 4 nitrogen and oxygen atoms in total. The van der Waals surface area contributed by atoms with Gasteiger partial charge in [0, 0.05) is 26.2 Å². The highest BCUT2D eigenvalue weighted by molar-refractivity contribution is 6.73. The Kier molecular flexibility index (Phi) is 11.8. The summed E-state index contributed by atoms with van der Waals surface area (Å²) in [6, 6.07) is 0. The lowest BCUT2D eigenvalue weighted by molar-refractivity contribution is 0.413. The highest BCUT2D eigenvalue weighted by Gasteiger charge is 2.10. The van der Waals surface area contributed by atoms with E-state index < -0.39 is 8.24 Å². The fraction of sp³-hybridized carbons (Fsp3) is 1.00. The maximum Gasteiger partial charge on any atom is 0.116 e. The number of likely N-dealkylation sites (N-methyl/N-ethyl adjacent to an activating group) is 2. The SMILES string of the molecule is CN(C)CCN.CN(C)CCN[Si](C)(C)C. The Morgan fingerprint density at radius 2 is 1.38 bits per heavy atom. The summed E-state index contributed by atoms with van der Waals surface area (Å²) >= 11 is 0. The van der Waals surface area contributed by atoms with E-state index in [1.165, 1.54) is 0 Å². The largest absolute Gasteiger partial charge is 0.336 e. The van der Waals surface area contributed by atoms with Crippen molar-refractivity contribution in [2.75, 3.05) is 54.4 Å². The van der Waals surface area contributed by atoms with Crippen molar-refractivity contribution in [2.45, 2.75) is 19.6 Å². The van der Waals surface area contributed by atoms with E-state index in [1.54, 1.807) is 0 Å². The van der Waals surface area contributed by atoms with E-state index in [4.69, 9.17) is 5.73 Å². The molecule has 0 aromatic heterocycles. The van der Waals surface area contributed by atoms with Gasteiger partial charge in [0.05, 0.1) is 0 Å². The Hall–Kier alpha value is 0.0569. The fourth-order valence-corrected chi connectivity index (χ4v) is 1.77. The van der Waals surface area contributed by atoms with Crippen molar-refractivity contribution in [3.8, 4) is 0 Å². The predicted octanol–water partition coefficient (Wildman–Crippen LogP) is 0.479. The minimum atomic E-state index is -1.00. The third-order valence-corrected chi connectivity index (χ3v) is 3.10. The van der Waals surface area contributed by atoms with Gasteiger partial charge in [0.1, 0.15) is 8.24 Å². The zero-order chi connectivity index (χ0) is 13.2. The molecule has 0 aromatic carbocycles. The van der Waals surface area contributed by atoms with Crippen LogP contribution in [0.2, 0.25) is 19.6 Å². The summed E-state index contributed by atoms with van der Waals surface area (Å²) in [6.07, 6.45) is 0. The third-order valence-electron chi connectivity index (χ3n) is 1.79. The third kappa shape index (κ3) is 23.7. The molecule has 0 bridgehead atoms. The van der Waals surface area contributed by atoms with Crippen molar-refractivity contribution >= 4 is 8.24 Å². The van der Waals surface area contributed by atoms with E-state index in [9.17, 15) is 0 Å². The lowest BCUT2D eigenvalue weighted by atomic mass is 10.6. The lowest BCUT2D eigenvalue weighted by Crippen LogP contribution is -2.44. The minimum absolute atomic E-state index is 0.757. The summed E-state index contributed by atoms with van der Waals surface area (Å²) in [5, 5.41) is 0. The molecule has 100 valence electrons. The van der Waals surface area contributed by atoms with Crippen molar-refractivity contribution in [1.82, 2.24) is 14.8 Å². The summed E-state index contributed by atoms with van der Waals surface area (Å²) in [6.45, 7) is 11.0. The molecule has 0 saturated carbocycles. The normalized spacial score (nSPS) is 11.6. The second kappa shape index (κ2) is 10.2. The first kappa shape index (κ1) is 18.4. The Balaban J connectivity index is 0. The maximum atomic E-state index is 5.19. The van der Waals surface area contributed by atoms with Gasteiger partial charge in [0.2, 0.25) is 0 Å². The molecule has 0 saturated heterocycles. The first-order valence-electron chi connectivity index (χ1n) is 5.93. The first-order valence-corrected chi connectivity index (χ1v) is 9.43. The molecule has 0 amide bonds. The van der Waals surface area contributed by atoms with E-state index in [0.29, 0.717) is 0 Å². The summed E-state index contributed by atoms with van der Waals surface area (Å²) in [7, 11) is 7.22. The first-order chi connectivity index (χ1) is 7.19. The van der Waals surface area contributed by atoms with Gasteiger partial charge < -0.3 is 20.5 Å². The van der Waals surface area contributed by atoms with Gasteiger partial charge in [-0.3, -0.25) is 0 Å². The van der Waals surface area contributed by atoms with Gasteiger partial charge in [-0.15, -0.1) is 0 Å². The maximum absolute atomic E-state index is 5.19. The van der Waals surface area contributed by atoms with E-state index in [2.05, 4.69) is 48.5 Å². The highest BCUT2D eigenvalue weighted by Crippen LogP contribution is 1.92. The molecule has 16 heavy (non-hydrogen) atoms. The van der Waals surface area contributed by atoms with E-state index in [1.807, 2.05) is 14.1 Å². The summed E-state index contributed by atoms with van der Waals surface area (Å²) in [5.41, 5.74) is 5.19. The molecule has 0 rings (SSSR count). The van der Waals surface area contributed by atoms with Crippen molar-refractivity contribution in [1.29, 1.82) is 0 Å². The lowest BCUT2D eigenvalue weighted by Gasteiger charge is -2.19. The highest BCUT2D eigenvalue weighted by atomic mass is 28.3. The van der Waals surface area contributed by atoms with Gasteiger partial charge >= 0.3 is 0 Å². The van der Waals surface area contributed by atoms with Crippen molar-refractivity contribution in [3.63, 3.8) is 0 Å². The van der Waals surface area contributed by atoms with Crippen LogP contribution in [0.15, 0.2) is 0 Å². The number of hydrogen-bond donors (Lipinski definition) is 2. The molecule has 0 fully saturated rings. The van der Waals surface area contributed by atoms with Crippen LogP contribution in [0.5, 0.6) is 0 Å². The van der Waals surface area contributed by atoms with Gasteiger partial charge in [0.15, 0.2) is 0 Å². The molecule has 0 aliphatic rings. The number of rotatable bonds is 6. The number of nitrogens with two attached hydrogens (primary N) is 1. The molecule has 0 radical (unpaired) electrons. The van der Waals surface area contributed by atoms with Gasteiger partial charge in [-0.1, -0.05) is 19.6 Å². The predicted molar refractivity (Wildman–Crippen MR) is 77.5 cm³/mol.